The third-order valence-corrected chi connectivity index (χ3v) is 3.25. The zero-order chi connectivity index (χ0) is 15.6. The topological polar surface area (TPSA) is 50.9 Å². The summed E-state index contributed by atoms with van der Waals surface area (Å²) in [5.41, 5.74) is 1.09. The summed E-state index contributed by atoms with van der Waals surface area (Å²) >= 11 is 0. The lowest BCUT2D eigenvalue weighted by molar-refractivity contribution is -0.137. The maximum atomic E-state index is 12.4. The van der Waals surface area contributed by atoms with Gasteiger partial charge in [0.15, 0.2) is 0 Å². The molecule has 2 aromatic heterocycles. The zero-order valence-electron chi connectivity index (χ0n) is 11.7. The van der Waals surface area contributed by atoms with Crippen molar-refractivity contribution in [1.82, 2.24) is 14.8 Å². The number of aliphatic hydroxyl groups is 1. The van der Waals surface area contributed by atoms with E-state index in [9.17, 15) is 18.3 Å². The molecule has 2 rings (SSSR count). The van der Waals surface area contributed by atoms with Crippen LogP contribution in [0, 0.1) is 0 Å². The van der Waals surface area contributed by atoms with Gasteiger partial charge >= 0.3 is 6.18 Å². The van der Waals surface area contributed by atoms with E-state index in [0.29, 0.717) is 0 Å². The largest absolute Gasteiger partial charge is 0.417 e. The van der Waals surface area contributed by atoms with E-state index in [1.165, 1.54) is 6.07 Å². The van der Waals surface area contributed by atoms with Gasteiger partial charge in [0.05, 0.1) is 17.0 Å². The van der Waals surface area contributed by atoms with E-state index < -0.39 is 17.8 Å². The minimum Gasteiger partial charge on any atom is -0.386 e. The number of aryl methyl sites for hydroxylation is 2. The van der Waals surface area contributed by atoms with E-state index in [1.54, 1.807) is 11.7 Å². The quantitative estimate of drug-likeness (QED) is 0.944. The van der Waals surface area contributed by atoms with Crippen LogP contribution in [0.25, 0.3) is 0 Å². The van der Waals surface area contributed by atoms with Crippen molar-refractivity contribution in [3.05, 3.63) is 47.0 Å². The fourth-order valence-electron chi connectivity index (χ4n) is 2.01. The zero-order valence-corrected chi connectivity index (χ0v) is 11.7. The highest BCUT2D eigenvalue weighted by Gasteiger charge is 2.30. The van der Waals surface area contributed by atoms with E-state index in [0.717, 1.165) is 30.1 Å². The molecule has 0 saturated heterocycles. The minimum absolute atomic E-state index is 0.210. The smallest absolute Gasteiger partial charge is 0.386 e. The number of halogens is 3. The first-order chi connectivity index (χ1) is 9.81. The molecule has 0 amide bonds. The summed E-state index contributed by atoms with van der Waals surface area (Å²) in [5, 5.41) is 14.3. The molecule has 0 radical (unpaired) electrons. The van der Waals surface area contributed by atoms with Crippen LogP contribution in [0.5, 0.6) is 0 Å². The lowest BCUT2D eigenvalue weighted by atomic mass is 10.1. The second-order valence-electron chi connectivity index (χ2n) is 4.79. The highest BCUT2D eigenvalue weighted by molar-refractivity contribution is 5.20. The first-order valence-corrected chi connectivity index (χ1v) is 6.54. The normalized spacial score (nSPS) is 13.4. The molecule has 0 saturated carbocycles. The van der Waals surface area contributed by atoms with Gasteiger partial charge in [0.2, 0.25) is 0 Å². The first-order valence-electron chi connectivity index (χ1n) is 6.54. The summed E-state index contributed by atoms with van der Waals surface area (Å²) in [7, 11) is 1.77. The Labute approximate surface area is 120 Å². The average molecular weight is 299 g/mol. The molecule has 114 valence electrons. The minimum atomic E-state index is -4.42. The molecule has 0 aliphatic carbocycles. The molecule has 0 bridgehead atoms. The van der Waals surface area contributed by atoms with Gasteiger partial charge in [-0.25, -0.2) is 0 Å². The Bertz CT molecular complexity index is 605. The monoisotopic (exact) mass is 299 g/mol. The summed E-state index contributed by atoms with van der Waals surface area (Å²) in [4.78, 5) is 3.70. The number of alkyl halides is 3. The van der Waals surface area contributed by atoms with Gasteiger partial charge in [0, 0.05) is 25.4 Å². The molecule has 2 heterocycles. The van der Waals surface area contributed by atoms with E-state index in [4.69, 9.17) is 0 Å². The fraction of sp³-hybridized carbons (Fsp3) is 0.429. The van der Waals surface area contributed by atoms with Crippen molar-refractivity contribution in [3.63, 3.8) is 0 Å². The summed E-state index contributed by atoms with van der Waals surface area (Å²) in [5.74, 6) is 0. The number of pyridine rings is 1. The van der Waals surface area contributed by atoms with Crippen molar-refractivity contribution in [2.75, 3.05) is 0 Å². The van der Waals surface area contributed by atoms with E-state index >= 15 is 0 Å². The van der Waals surface area contributed by atoms with E-state index in [2.05, 4.69) is 10.1 Å². The maximum absolute atomic E-state index is 12.4. The highest BCUT2D eigenvalue weighted by Crippen LogP contribution is 2.29. The van der Waals surface area contributed by atoms with Gasteiger partial charge in [-0.05, 0) is 24.6 Å². The third-order valence-electron chi connectivity index (χ3n) is 3.25. The predicted octanol–water partition coefficient (Wildman–Crippen LogP) is 2.67. The van der Waals surface area contributed by atoms with Gasteiger partial charge in [-0.3, -0.25) is 9.67 Å². The summed E-state index contributed by atoms with van der Waals surface area (Å²) < 4.78 is 39.0. The number of aliphatic hydroxyl groups excluding tert-OH is 1. The number of rotatable bonds is 4. The lowest BCUT2D eigenvalue weighted by Gasteiger charge is -2.11. The SMILES string of the molecule is CCc1cc(CC(O)c2ccc(C(F)(F)F)cn2)n(C)n1. The van der Waals surface area contributed by atoms with Crippen LogP contribution in [0.1, 0.15) is 35.7 Å². The fourth-order valence-corrected chi connectivity index (χ4v) is 2.01. The van der Waals surface area contributed by atoms with Gasteiger partial charge in [-0.1, -0.05) is 6.92 Å². The third kappa shape index (κ3) is 3.60. The first kappa shape index (κ1) is 15.5. The van der Waals surface area contributed by atoms with Crippen LogP contribution < -0.4 is 0 Å². The second-order valence-corrected chi connectivity index (χ2v) is 4.79. The molecule has 1 unspecified atom stereocenters. The number of aromatic nitrogens is 3. The van der Waals surface area contributed by atoms with E-state index in [-0.39, 0.29) is 12.1 Å². The van der Waals surface area contributed by atoms with Crippen molar-refractivity contribution in [2.45, 2.75) is 32.0 Å². The number of hydrogen-bond donors (Lipinski definition) is 1. The molecule has 2 aromatic rings. The summed E-state index contributed by atoms with van der Waals surface area (Å²) in [6.07, 6.45) is -3.62. The molecule has 0 fully saturated rings. The molecule has 4 nitrogen and oxygen atoms in total. The molecule has 0 aliphatic heterocycles. The van der Waals surface area contributed by atoms with Crippen LogP contribution in [0.4, 0.5) is 13.2 Å². The number of hydrogen-bond acceptors (Lipinski definition) is 3. The predicted molar refractivity (Wildman–Crippen MR) is 70.5 cm³/mol. The van der Waals surface area contributed by atoms with Crippen molar-refractivity contribution in [3.8, 4) is 0 Å². The van der Waals surface area contributed by atoms with Crippen LogP contribution >= 0.6 is 0 Å². The Hall–Kier alpha value is -1.89. The molecule has 0 aromatic carbocycles. The van der Waals surface area contributed by atoms with Gasteiger partial charge in [-0.15, -0.1) is 0 Å². The average Bonchev–Trinajstić information content (AvgIpc) is 2.78. The molecule has 1 N–H and O–H groups in total. The summed E-state index contributed by atoms with van der Waals surface area (Å²) in [6, 6.07) is 3.99. The van der Waals surface area contributed by atoms with Crippen molar-refractivity contribution >= 4 is 0 Å². The van der Waals surface area contributed by atoms with Crippen LogP contribution in [0.2, 0.25) is 0 Å². The van der Waals surface area contributed by atoms with Crippen molar-refractivity contribution in [1.29, 1.82) is 0 Å². The van der Waals surface area contributed by atoms with Gasteiger partial charge in [0.25, 0.3) is 0 Å². The lowest BCUT2D eigenvalue weighted by Crippen LogP contribution is -2.10. The number of nitrogens with zero attached hydrogens (tertiary/aromatic N) is 3. The molecular formula is C14H16F3N3O. The summed E-state index contributed by atoms with van der Waals surface area (Å²) in [6.45, 7) is 1.97. The standard InChI is InChI=1S/C14H16F3N3O/c1-3-10-6-11(20(2)19-10)7-13(21)12-5-4-9(8-18-12)14(15,16)17/h4-6,8,13,21H,3,7H2,1-2H3. The maximum Gasteiger partial charge on any atom is 0.417 e. The van der Waals surface area contributed by atoms with E-state index in [1.807, 2.05) is 13.0 Å². The Morgan fingerprint density at radius 3 is 2.52 bits per heavy atom. The Kier molecular flexibility index (Phi) is 4.32. The molecule has 0 spiro atoms. The second kappa shape index (κ2) is 5.85. The van der Waals surface area contributed by atoms with Crippen LogP contribution in [-0.4, -0.2) is 19.9 Å². The molecule has 0 aliphatic rings. The molecule has 7 heteroatoms. The van der Waals surface area contributed by atoms with Crippen LogP contribution in [0.15, 0.2) is 24.4 Å². The van der Waals surface area contributed by atoms with Crippen LogP contribution in [0.3, 0.4) is 0 Å². The van der Waals surface area contributed by atoms with Crippen LogP contribution in [-0.2, 0) is 26.1 Å². The van der Waals surface area contributed by atoms with Gasteiger partial charge in [0.1, 0.15) is 6.10 Å². The van der Waals surface area contributed by atoms with Crippen molar-refractivity contribution in [2.24, 2.45) is 7.05 Å². The molecule has 1 atom stereocenters. The van der Waals surface area contributed by atoms with Gasteiger partial charge in [-0.2, -0.15) is 18.3 Å². The Morgan fingerprint density at radius 1 is 1.33 bits per heavy atom. The molecule has 21 heavy (non-hydrogen) atoms. The Morgan fingerprint density at radius 2 is 2.05 bits per heavy atom. The highest BCUT2D eigenvalue weighted by atomic mass is 19.4. The molecular weight excluding hydrogens is 283 g/mol. The van der Waals surface area contributed by atoms with Gasteiger partial charge < -0.3 is 5.11 Å². The van der Waals surface area contributed by atoms with Crippen molar-refractivity contribution < 1.29 is 18.3 Å². The Balaban J connectivity index is 2.13.